The van der Waals surface area contributed by atoms with Crippen LogP contribution in [-0.4, -0.2) is 16.4 Å². The second kappa shape index (κ2) is 5.41. The maximum absolute atomic E-state index is 5.42. The third-order valence-corrected chi connectivity index (χ3v) is 1.65. The summed E-state index contributed by atoms with van der Waals surface area (Å²) in [5.41, 5.74) is 0. The van der Waals surface area contributed by atoms with Crippen LogP contribution >= 0.6 is 0 Å². The molecule has 0 spiro atoms. The fourth-order valence-corrected chi connectivity index (χ4v) is 1.03. The van der Waals surface area contributed by atoms with Gasteiger partial charge >= 0.3 is 0 Å². The maximum Gasteiger partial charge on any atom is 0.157 e. The van der Waals surface area contributed by atoms with Gasteiger partial charge < -0.3 is 4.74 Å². The Labute approximate surface area is 79.0 Å². The molecule has 0 N–H and O–H groups in total. The molecule has 0 aromatic carbocycles. The Morgan fingerprint density at radius 3 is 3.23 bits per heavy atom. The average molecular weight is 180 g/mol. The van der Waals surface area contributed by atoms with Gasteiger partial charge in [0, 0.05) is 6.54 Å². The minimum atomic E-state index is 0.682. The molecule has 3 heteroatoms. The van der Waals surface area contributed by atoms with E-state index in [4.69, 9.17) is 4.74 Å². The van der Waals surface area contributed by atoms with Crippen molar-refractivity contribution in [2.45, 2.75) is 26.3 Å². The first kappa shape index (κ1) is 9.84. The minimum absolute atomic E-state index is 0.682. The first-order valence-corrected chi connectivity index (χ1v) is 4.63. The Bertz CT molecular complexity index is 255. The van der Waals surface area contributed by atoms with Gasteiger partial charge in [0.1, 0.15) is 0 Å². The van der Waals surface area contributed by atoms with Gasteiger partial charge in [0.25, 0.3) is 0 Å². The molecule has 0 aliphatic rings. The lowest BCUT2D eigenvalue weighted by Gasteiger charge is -1.99. The third kappa shape index (κ3) is 3.32. The number of ether oxygens (including phenoxy) is 1. The molecule has 0 amide bonds. The first-order valence-electron chi connectivity index (χ1n) is 4.63. The molecule has 3 nitrogen and oxygen atoms in total. The van der Waals surface area contributed by atoms with Crippen LogP contribution in [0.15, 0.2) is 25.0 Å². The highest BCUT2D eigenvalue weighted by molar-refractivity contribution is 5.11. The van der Waals surface area contributed by atoms with Gasteiger partial charge in [-0.3, -0.25) is 4.68 Å². The van der Waals surface area contributed by atoms with E-state index in [0.29, 0.717) is 6.61 Å². The van der Waals surface area contributed by atoms with Crippen LogP contribution < -0.4 is 4.74 Å². The predicted octanol–water partition coefficient (Wildman–Crippen LogP) is 2.25. The Hall–Kier alpha value is -1.25. The van der Waals surface area contributed by atoms with Crippen molar-refractivity contribution in [1.82, 2.24) is 9.78 Å². The van der Waals surface area contributed by atoms with Crippen molar-refractivity contribution in [1.29, 1.82) is 0 Å². The number of aromatic nitrogens is 2. The van der Waals surface area contributed by atoms with Gasteiger partial charge in [0.15, 0.2) is 5.75 Å². The summed E-state index contributed by atoms with van der Waals surface area (Å²) in [7, 11) is 0. The van der Waals surface area contributed by atoms with Crippen molar-refractivity contribution >= 4 is 0 Å². The summed E-state index contributed by atoms with van der Waals surface area (Å²) in [5.74, 6) is 0.843. The quantitative estimate of drug-likeness (QED) is 0.496. The smallest absolute Gasteiger partial charge is 0.157 e. The van der Waals surface area contributed by atoms with E-state index in [1.807, 2.05) is 17.0 Å². The SMILES string of the molecule is C=CCCOc1cnn(CCC)c1. The molecule has 72 valence electrons. The summed E-state index contributed by atoms with van der Waals surface area (Å²) in [6.07, 6.45) is 7.48. The summed E-state index contributed by atoms with van der Waals surface area (Å²) in [6, 6.07) is 0. The van der Waals surface area contributed by atoms with E-state index >= 15 is 0 Å². The zero-order chi connectivity index (χ0) is 9.52. The molecule has 0 aliphatic carbocycles. The van der Waals surface area contributed by atoms with Crippen LogP contribution in [0.2, 0.25) is 0 Å². The second-order valence-corrected chi connectivity index (χ2v) is 2.86. The fraction of sp³-hybridized carbons (Fsp3) is 0.500. The van der Waals surface area contributed by atoms with Crippen molar-refractivity contribution in [2.75, 3.05) is 6.61 Å². The van der Waals surface area contributed by atoms with Crippen molar-refractivity contribution in [2.24, 2.45) is 0 Å². The Morgan fingerprint density at radius 2 is 2.54 bits per heavy atom. The normalized spacial score (nSPS) is 9.92. The first-order chi connectivity index (χ1) is 6.36. The summed E-state index contributed by atoms with van der Waals surface area (Å²) in [4.78, 5) is 0. The van der Waals surface area contributed by atoms with Crippen LogP contribution in [-0.2, 0) is 6.54 Å². The van der Waals surface area contributed by atoms with Crippen LogP contribution in [0.25, 0.3) is 0 Å². The van der Waals surface area contributed by atoms with Crippen molar-refractivity contribution in [3.8, 4) is 5.75 Å². The third-order valence-electron chi connectivity index (χ3n) is 1.65. The number of aryl methyl sites for hydroxylation is 1. The van der Waals surface area contributed by atoms with Crippen LogP contribution in [0, 0.1) is 0 Å². The minimum Gasteiger partial charge on any atom is -0.490 e. The van der Waals surface area contributed by atoms with E-state index in [9.17, 15) is 0 Å². The Morgan fingerprint density at radius 1 is 1.69 bits per heavy atom. The van der Waals surface area contributed by atoms with Gasteiger partial charge in [-0.15, -0.1) is 6.58 Å². The molecule has 1 aromatic rings. The lowest BCUT2D eigenvalue weighted by atomic mass is 10.4. The summed E-state index contributed by atoms with van der Waals surface area (Å²) in [6.45, 7) is 7.38. The van der Waals surface area contributed by atoms with Gasteiger partial charge in [-0.1, -0.05) is 13.0 Å². The highest BCUT2D eigenvalue weighted by atomic mass is 16.5. The molecule has 0 radical (unpaired) electrons. The van der Waals surface area contributed by atoms with Gasteiger partial charge in [-0.2, -0.15) is 5.10 Å². The summed E-state index contributed by atoms with van der Waals surface area (Å²) >= 11 is 0. The average Bonchev–Trinajstić information content (AvgIpc) is 2.54. The van der Waals surface area contributed by atoms with E-state index in [1.54, 1.807) is 6.20 Å². The molecule has 0 saturated carbocycles. The molecule has 1 rings (SSSR count). The zero-order valence-electron chi connectivity index (χ0n) is 8.07. The standard InChI is InChI=1S/C10H16N2O/c1-3-5-7-13-10-8-11-12(9-10)6-4-2/h3,8-9H,1,4-7H2,2H3. The van der Waals surface area contributed by atoms with Gasteiger partial charge in [0.05, 0.1) is 19.0 Å². The highest BCUT2D eigenvalue weighted by Gasteiger charge is 1.96. The van der Waals surface area contributed by atoms with Crippen LogP contribution in [0.3, 0.4) is 0 Å². The van der Waals surface area contributed by atoms with E-state index in [-0.39, 0.29) is 0 Å². The lowest BCUT2D eigenvalue weighted by molar-refractivity contribution is 0.324. The molecular formula is C10H16N2O. The molecule has 1 heterocycles. The summed E-state index contributed by atoms with van der Waals surface area (Å²) in [5, 5.41) is 4.15. The molecule has 0 saturated heterocycles. The van der Waals surface area contributed by atoms with Crippen molar-refractivity contribution in [3.05, 3.63) is 25.0 Å². The van der Waals surface area contributed by atoms with E-state index in [1.165, 1.54) is 0 Å². The zero-order valence-corrected chi connectivity index (χ0v) is 8.07. The highest BCUT2D eigenvalue weighted by Crippen LogP contribution is 2.08. The van der Waals surface area contributed by atoms with Gasteiger partial charge in [0.2, 0.25) is 0 Å². The molecule has 1 aromatic heterocycles. The molecular weight excluding hydrogens is 164 g/mol. The monoisotopic (exact) mass is 180 g/mol. The molecule has 13 heavy (non-hydrogen) atoms. The molecule has 0 unspecified atom stereocenters. The van der Waals surface area contributed by atoms with Crippen molar-refractivity contribution in [3.63, 3.8) is 0 Å². The number of hydrogen-bond donors (Lipinski definition) is 0. The predicted molar refractivity (Wildman–Crippen MR) is 52.8 cm³/mol. The van der Waals surface area contributed by atoms with E-state index < -0.39 is 0 Å². The topological polar surface area (TPSA) is 27.1 Å². The molecule has 0 bridgehead atoms. The van der Waals surface area contributed by atoms with Crippen LogP contribution in [0.4, 0.5) is 0 Å². The van der Waals surface area contributed by atoms with E-state index in [2.05, 4.69) is 18.6 Å². The molecule has 0 atom stereocenters. The van der Waals surface area contributed by atoms with Crippen LogP contribution in [0.5, 0.6) is 5.75 Å². The fourth-order valence-electron chi connectivity index (χ4n) is 1.03. The number of hydrogen-bond acceptors (Lipinski definition) is 2. The van der Waals surface area contributed by atoms with Gasteiger partial charge in [-0.05, 0) is 12.8 Å². The second-order valence-electron chi connectivity index (χ2n) is 2.86. The largest absolute Gasteiger partial charge is 0.490 e. The molecule has 0 aliphatic heterocycles. The Kier molecular flexibility index (Phi) is 4.09. The Balaban J connectivity index is 2.35. The van der Waals surface area contributed by atoms with Gasteiger partial charge in [-0.25, -0.2) is 0 Å². The number of rotatable bonds is 6. The maximum atomic E-state index is 5.42. The lowest BCUT2D eigenvalue weighted by Crippen LogP contribution is -1.96. The number of nitrogens with zero attached hydrogens (tertiary/aromatic N) is 2. The van der Waals surface area contributed by atoms with E-state index in [0.717, 1.165) is 25.1 Å². The molecule has 0 fully saturated rings. The summed E-state index contributed by atoms with van der Waals surface area (Å²) < 4.78 is 7.31. The van der Waals surface area contributed by atoms with Crippen LogP contribution in [0.1, 0.15) is 19.8 Å². The van der Waals surface area contributed by atoms with Crippen molar-refractivity contribution < 1.29 is 4.74 Å².